The van der Waals surface area contributed by atoms with Gasteiger partial charge in [0, 0.05) is 13.1 Å². The van der Waals surface area contributed by atoms with Gasteiger partial charge in [0.05, 0.1) is 11.9 Å². The van der Waals surface area contributed by atoms with Crippen LogP contribution < -0.4 is 0 Å². The van der Waals surface area contributed by atoms with E-state index in [1.54, 1.807) is 0 Å². The fourth-order valence-corrected chi connectivity index (χ4v) is 3.89. The number of sulfonamides is 1. The van der Waals surface area contributed by atoms with Crippen molar-refractivity contribution in [2.75, 3.05) is 18.8 Å². The van der Waals surface area contributed by atoms with Crippen LogP contribution in [0.15, 0.2) is 16.8 Å². The van der Waals surface area contributed by atoms with Crippen molar-refractivity contribution in [1.29, 1.82) is 0 Å². The van der Waals surface area contributed by atoms with Crippen LogP contribution >= 0.6 is 11.3 Å². The summed E-state index contributed by atoms with van der Waals surface area (Å²) in [5, 5.41) is 13.5. The van der Waals surface area contributed by atoms with Crippen molar-refractivity contribution >= 4 is 21.4 Å². The summed E-state index contributed by atoms with van der Waals surface area (Å²) >= 11 is 1.50. The number of aliphatic hydroxyl groups is 1. The van der Waals surface area contributed by atoms with E-state index in [-0.39, 0.29) is 12.3 Å². The van der Waals surface area contributed by atoms with Gasteiger partial charge in [-0.1, -0.05) is 0 Å². The molecule has 0 aromatic carbocycles. The van der Waals surface area contributed by atoms with Crippen molar-refractivity contribution in [1.82, 2.24) is 4.31 Å². The highest BCUT2D eigenvalue weighted by atomic mass is 32.2. The lowest BCUT2D eigenvalue weighted by atomic mass is 10.2. The van der Waals surface area contributed by atoms with Crippen molar-refractivity contribution < 1.29 is 13.5 Å². The smallest absolute Gasteiger partial charge is 0.214 e. The lowest BCUT2D eigenvalue weighted by Gasteiger charge is -2.17. The van der Waals surface area contributed by atoms with Crippen LogP contribution in [0.25, 0.3) is 0 Å². The van der Waals surface area contributed by atoms with Gasteiger partial charge in [-0.15, -0.1) is 0 Å². The van der Waals surface area contributed by atoms with Gasteiger partial charge in [0.15, 0.2) is 0 Å². The molecule has 1 aliphatic heterocycles. The summed E-state index contributed by atoms with van der Waals surface area (Å²) in [6.45, 7) is 0.711. The SMILES string of the molecule is O=S1(=O)CCCN1CC(O)c1ccsc1. The maximum absolute atomic E-state index is 11.5. The van der Waals surface area contributed by atoms with Crippen LogP contribution in [0.5, 0.6) is 0 Å². The largest absolute Gasteiger partial charge is 0.387 e. The summed E-state index contributed by atoms with van der Waals surface area (Å²) in [5.41, 5.74) is 0.794. The molecular formula is C9H13NO3S2. The van der Waals surface area contributed by atoms with Gasteiger partial charge in [0.1, 0.15) is 0 Å². The number of rotatable bonds is 3. The van der Waals surface area contributed by atoms with Crippen LogP contribution in [-0.4, -0.2) is 36.7 Å². The first kappa shape index (κ1) is 11.1. The number of β-amino-alcohol motifs (C(OH)–C–C–N with tert-alkyl or cyclic N) is 1. The molecule has 1 N–H and O–H groups in total. The zero-order valence-corrected chi connectivity index (χ0v) is 9.80. The van der Waals surface area contributed by atoms with Gasteiger partial charge >= 0.3 is 0 Å². The molecule has 2 rings (SSSR count). The molecule has 1 atom stereocenters. The number of hydrogen-bond acceptors (Lipinski definition) is 4. The summed E-state index contributed by atoms with van der Waals surface area (Å²) in [5.74, 6) is 0.212. The topological polar surface area (TPSA) is 57.6 Å². The molecule has 0 aliphatic carbocycles. The molecule has 84 valence electrons. The van der Waals surface area contributed by atoms with E-state index in [1.165, 1.54) is 15.6 Å². The van der Waals surface area contributed by atoms with Crippen molar-refractivity contribution in [2.24, 2.45) is 0 Å². The van der Waals surface area contributed by atoms with Gasteiger partial charge < -0.3 is 5.11 Å². The third-order valence-electron chi connectivity index (χ3n) is 2.51. The third kappa shape index (κ3) is 2.39. The average molecular weight is 247 g/mol. The summed E-state index contributed by atoms with van der Waals surface area (Å²) in [4.78, 5) is 0. The van der Waals surface area contributed by atoms with E-state index in [0.29, 0.717) is 13.0 Å². The summed E-state index contributed by atoms with van der Waals surface area (Å²) in [7, 11) is -3.10. The standard InChI is InChI=1S/C9H13NO3S2/c11-9(8-2-4-14-7-8)6-10-3-1-5-15(10,12)13/h2,4,7,9,11H,1,3,5-6H2. The highest BCUT2D eigenvalue weighted by Gasteiger charge is 2.30. The molecule has 0 bridgehead atoms. The Morgan fingerprint density at radius 2 is 2.40 bits per heavy atom. The molecule has 1 fully saturated rings. The first-order valence-corrected chi connectivity index (χ1v) is 7.33. The lowest BCUT2D eigenvalue weighted by Crippen LogP contribution is -2.30. The molecule has 6 heteroatoms. The number of hydrogen-bond donors (Lipinski definition) is 1. The molecule has 0 spiro atoms. The van der Waals surface area contributed by atoms with Crippen LogP contribution in [0.2, 0.25) is 0 Å². The molecule has 15 heavy (non-hydrogen) atoms. The Morgan fingerprint density at radius 3 is 2.93 bits per heavy atom. The second-order valence-corrected chi connectivity index (χ2v) is 6.47. The summed E-state index contributed by atoms with van der Waals surface area (Å²) < 4.78 is 24.3. The molecule has 2 heterocycles. The van der Waals surface area contributed by atoms with Crippen LogP contribution in [0, 0.1) is 0 Å². The Labute approximate surface area is 93.2 Å². The fourth-order valence-electron chi connectivity index (χ4n) is 1.66. The first-order chi connectivity index (χ1) is 7.09. The fraction of sp³-hybridized carbons (Fsp3) is 0.556. The second kappa shape index (κ2) is 4.21. The minimum atomic E-state index is -3.10. The van der Waals surface area contributed by atoms with Crippen LogP contribution in [-0.2, 0) is 10.0 Å². The van der Waals surface area contributed by atoms with E-state index in [9.17, 15) is 13.5 Å². The molecule has 1 unspecified atom stereocenters. The van der Waals surface area contributed by atoms with Gasteiger partial charge in [-0.05, 0) is 28.8 Å². The van der Waals surface area contributed by atoms with E-state index in [1.807, 2.05) is 16.8 Å². The van der Waals surface area contributed by atoms with E-state index < -0.39 is 16.1 Å². The van der Waals surface area contributed by atoms with Crippen molar-refractivity contribution in [3.8, 4) is 0 Å². The van der Waals surface area contributed by atoms with Crippen LogP contribution in [0.4, 0.5) is 0 Å². The van der Waals surface area contributed by atoms with Gasteiger partial charge in [0.25, 0.3) is 0 Å². The summed E-state index contributed by atoms with van der Waals surface area (Å²) in [6.07, 6.45) is -0.0391. The van der Waals surface area contributed by atoms with Crippen molar-refractivity contribution in [2.45, 2.75) is 12.5 Å². The number of nitrogens with zero attached hydrogens (tertiary/aromatic N) is 1. The Kier molecular flexibility index (Phi) is 3.11. The Hall–Kier alpha value is -0.430. The van der Waals surface area contributed by atoms with Gasteiger partial charge in [-0.3, -0.25) is 0 Å². The third-order valence-corrected chi connectivity index (χ3v) is 5.13. The van der Waals surface area contributed by atoms with E-state index in [4.69, 9.17) is 0 Å². The van der Waals surface area contributed by atoms with E-state index in [0.717, 1.165) is 5.56 Å². The minimum absolute atomic E-state index is 0.180. The van der Waals surface area contributed by atoms with Crippen LogP contribution in [0.3, 0.4) is 0 Å². The Bertz CT molecular complexity index is 413. The Balaban J connectivity index is 2.04. The molecule has 0 radical (unpaired) electrons. The number of aliphatic hydroxyl groups excluding tert-OH is 1. The molecule has 1 aromatic rings. The average Bonchev–Trinajstić information content (AvgIpc) is 2.76. The quantitative estimate of drug-likeness (QED) is 0.860. The van der Waals surface area contributed by atoms with E-state index >= 15 is 0 Å². The lowest BCUT2D eigenvalue weighted by molar-refractivity contribution is 0.151. The Morgan fingerprint density at radius 1 is 1.60 bits per heavy atom. The first-order valence-electron chi connectivity index (χ1n) is 4.77. The minimum Gasteiger partial charge on any atom is -0.387 e. The molecule has 1 saturated heterocycles. The monoisotopic (exact) mass is 247 g/mol. The summed E-state index contributed by atoms with van der Waals surface area (Å²) in [6, 6.07) is 1.82. The van der Waals surface area contributed by atoms with Gasteiger partial charge in [-0.2, -0.15) is 15.6 Å². The maximum atomic E-state index is 11.5. The molecule has 0 amide bonds. The van der Waals surface area contributed by atoms with Crippen molar-refractivity contribution in [3.63, 3.8) is 0 Å². The van der Waals surface area contributed by atoms with Crippen LogP contribution in [0.1, 0.15) is 18.1 Å². The maximum Gasteiger partial charge on any atom is 0.214 e. The highest BCUT2D eigenvalue weighted by molar-refractivity contribution is 7.89. The van der Waals surface area contributed by atoms with Crippen molar-refractivity contribution in [3.05, 3.63) is 22.4 Å². The predicted molar refractivity (Wildman–Crippen MR) is 59.3 cm³/mol. The number of thiophene rings is 1. The second-order valence-electron chi connectivity index (χ2n) is 3.60. The van der Waals surface area contributed by atoms with Gasteiger partial charge in [-0.25, -0.2) is 8.42 Å². The molecular weight excluding hydrogens is 234 g/mol. The van der Waals surface area contributed by atoms with E-state index in [2.05, 4.69) is 0 Å². The molecule has 1 aliphatic rings. The molecule has 0 saturated carbocycles. The molecule has 4 nitrogen and oxygen atoms in total. The van der Waals surface area contributed by atoms with Gasteiger partial charge in [0.2, 0.25) is 10.0 Å². The predicted octanol–water partition coefficient (Wildman–Crippen LogP) is 0.817. The molecule has 1 aromatic heterocycles. The normalized spacial score (nSPS) is 23.0. The zero-order chi connectivity index (χ0) is 10.9. The zero-order valence-electron chi connectivity index (χ0n) is 8.17. The highest BCUT2D eigenvalue weighted by Crippen LogP contribution is 2.21.